The van der Waals surface area contributed by atoms with Gasteiger partial charge in [0.15, 0.2) is 0 Å². The molecule has 1 atom stereocenters. The lowest BCUT2D eigenvalue weighted by atomic mass is 9.78. The minimum Gasteiger partial charge on any atom is -0.378 e. The van der Waals surface area contributed by atoms with E-state index in [1.807, 2.05) is 11.3 Å². The fraction of sp³-hybridized carbons (Fsp3) is 0.750. The molecule has 0 amide bonds. The van der Waals surface area contributed by atoms with Gasteiger partial charge in [-0.2, -0.15) is 0 Å². The Kier molecular flexibility index (Phi) is 5.86. The van der Waals surface area contributed by atoms with Crippen molar-refractivity contribution in [1.82, 2.24) is 5.32 Å². The van der Waals surface area contributed by atoms with Gasteiger partial charge >= 0.3 is 0 Å². The molecule has 1 fully saturated rings. The maximum atomic E-state index is 5.66. The van der Waals surface area contributed by atoms with Gasteiger partial charge in [-0.05, 0) is 64.1 Å². The molecular formula is C16H27NOS. The highest BCUT2D eigenvalue weighted by atomic mass is 32.1. The molecule has 2 nitrogen and oxygen atoms in total. The zero-order chi connectivity index (χ0) is 13.7. The molecule has 0 aliphatic heterocycles. The number of hydrogen-bond donors (Lipinski definition) is 1. The zero-order valence-corrected chi connectivity index (χ0v) is 13.3. The lowest BCUT2D eigenvalue weighted by Gasteiger charge is -2.37. The second-order valence-corrected chi connectivity index (χ2v) is 6.93. The molecule has 1 saturated carbocycles. The SMILES string of the molecule is CCCNC(CC1CC(OCC)C1)c1ccc(C)s1. The molecule has 1 aromatic heterocycles. The minimum absolute atomic E-state index is 0.534. The van der Waals surface area contributed by atoms with Crippen LogP contribution in [0.5, 0.6) is 0 Å². The molecule has 0 radical (unpaired) electrons. The van der Waals surface area contributed by atoms with Crippen LogP contribution >= 0.6 is 11.3 Å². The molecule has 1 unspecified atom stereocenters. The van der Waals surface area contributed by atoms with Gasteiger partial charge < -0.3 is 10.1 Å². The first-order valence-corrected chi connectivity index (χ1v) is 8.45. The topological polar surface area (TPSA) is 21.3 Å². The van der Waals surface area contributed by atoms with E-state index >= 15 is 0 Å². The van der Waals surface area contributed by atoms with Gasteiger partial charge in [-0.1, -0.05) is 6.92 Å². The van der Waals surface area contributed by atoms with E-state index in [1.54, 1.807) is 0 Å². The summed E-state index contributed by atoms with van der Waals surface area (Å²) >= 11 is 1.94. The summed E-state index contributed by atoms with van der Waals surface area (Å²) < 4.78 is 5.66. The second-order valence-electron chi connectivity index (χ2n) is 5.61. The van der Waals surface area contributed by atoms with Gasteiger partial charge in [-0.15, -0.1) is 11.3 Å². The summed E-state index contributed by atoms with van der Waals surface area (Å²) in [7, 11) is 0. The third kappa shape index (κ3) is 4.30. The fourth-order valence-corrected chi connectivity index (χ4v) is 3.80. The Bertz CT molecular complexity index is 371. The van der Waals surface area contributed by atoms with E-state index in [1.165, 1.54) is 35.4 Å². The minimum atomic E-state index is 0.534. The second kappa shape index (κ2) is 7.41. The highest BCUT2D eigenvalue weighted by molar-refractivity contribution is 7.12. The van der Waals surface area contributed by atoms with Gasteiger partial charge in [0, 0.05) is 22.4 Å². The van der Waals surface area contributed by atoms with Crippen molar-refractivity contribution in [3.63, 3.8) is 0 Å². The van der Waals surface area contributed by atoms with E-state index < -0.39 is 0 Å². The van der Waals surface area contributed by atoms with Gasteiger partial charge in [0.05, 0.1) is 6.10 Å². The molecule has 1 aliphatic carbocycles. The first-order valence-electron chi connectivity index (χ1n) is 7.64. The van der Waals surface area contributed by atoms with Gasteiger partial charge in [-0.3, -0.25) is 0 Å². The molecule has 3 heteroatoms. The third-order valence-corrected chi connectivity index (χ3v) is 5.02. The average Bonchev–Trinajstić information content (AvgIpc) is 2.77. The Balaban J connectivity index is 1.85. The van der Waals surface area contributed by atoms with Crippen LogP contribution in [0.1, 0.15) is 55.3 Å². The molecule has 108 valence electrons. The molecule has 0 spiro atoms. The maximum absolute atomic E-state index is 5.66. The molecular weight excluding hydrogens is 254 g/mol. The summed E-state index contributed by atoms with van der Waals surface area (Å²) in [6.07, 6.45) is 5.51. The molecule has 19 heavy (non-hydrogen) atoms. The van der Waals surface area contributed by atoms with Crippen LogP contribution in [0.25, 0.3) is 0 Å². The Labute approximate surface area is 121 Å². The first kappa shape index (κ1) is 15.0. The van der Waals surface area contributed by atoms with Crippen molar-refractivity contribution in [1.29, 1.82) is 0 Å². The molecule has 1 heterocycles. The van der Waals surface area contributed by atoms with E-state index in [9.17, 15) is 0 Å². The van der Waals surface area contributed by atoms with Crippen molar-refractivity contribution in [2.75, 3.05) is 13.2 Å². The summed E-state index contributed by atoms with van der Waals surface area (Å²) in [5.74, 6) is 0.841. The highest BCUT2D eigenvalue weighted by Gasteiger charge is 2.31. The van der Waals surface area contributed by atoms with Gasteiger partial charge in [0.2, 0.25) is 0 Å². The van der Waals surface area contributed by atoms with Crippen LogP contribution in [0.4, 0.5) is 0 Å². The molecule has 1 aromatic rings. The van der Waals surface area contributed by atoms with E-state index in [0.29, 0.717) is 12.1 Å². The van der Waals surface area contributed by atoms with Crippen molar-refractivity contribution in [3.05, 3.63) is 21.9 Å². The summed E-state index contributed by atoms with van der Waals surface area (Å²) in [5.41, 5.74) is 0. The van der Waals surface area contributed by atoms with Crippen LogP contribution in [0, 0.1) is 12.8 Å². The number of aryl methyl sites for hydroxylation is 1. The Morgan fingerprint density at radius 2 is 2.16 bits per heavy atom. The Morgan fingerprint density at radius 1 is 1.37 bits per heavy atom. The number of ether oxygens (including phenoxy) is 1. The van der Waals surface area contributed by atoms with Crippen molar-refractivity contribution in [2.24, 2.45) is 5.92 Å². The summed E-state index contributed by atoms with van der Waals surface area (Å²) in [5, 5.41) is 3.71. The van der Waals surface area contributed by atoms with Gasteiger partial charge in [0.25, 0.3) is 0 Å². The maximum Gasteiger partial charge on any atom is 0.0580 e. The normalized spacial score (nSPS) is 24.2. The van der Waals surface area contributed by atoms with E-state index in [0.717, 1.165) is 19.1 Å². The smallest absolute Gasteiger partial charge is 0.0580 e. The van der Waals surface area contributed by atoms with Crippen molar-refractivity contribution >= 4 is 11.3 Å². The number of hydrogen-bond acceptors (Lipinski definition) is 3. The Morgan fingerprint density at radius 3 is 2.74 bits per heavy atom. The number of rotatable bonds is 8. The first-order chi connectivity index (χ1) is 9.22. The monoisotopic (exact) mass is 281 g/mol. The molecule has 2 rings (SSSR count). The number of nitrogens with one attached hydrogen (secondary N) is 1. The summed E-state index contributed by atoms with van der Waals surface area (Å²) in [6, 6.07) is 5.09. The van der Waals surface area contributed by atoms with Crippen LogP contribution < -0.4 is 5.32 Å². The Hall–Kier alpha value is -0.380. The lowest BCUT2D eigenvalue weighted by Crippen LogP contribution is -2.34. The molecule has 1 aliphatic rings. The van der Waals surface area contributed by atoms with Crippen molar-refractivity contribution < 1.29 is 4.74 Å². The van der Waals surface area contributed by atoms with Crippen LogP contribution in [0.15, 0.2) is 12.1 Å². The molecule has 0 bridgehead atoms. The summed E-state index contributed by atoms with van der Waals surface area (Å²) in [6.45, 7) is 8.49. The average molecular weight is 281 g/mol. The van der Waals surface area contributed by atoms with Crippen LogP contribution in [-0.2, 0) is 4.74 Å². The molecule has 0 aromatic carbocycles. The highest BCUT2D eigenvalue weighted by Crippen LogP contribution is 2.38. The van der Waals surface area contributed by atoms with Crippen LogP contribution in [-0.4, -0.2) is 19.3 Å². The third-order valence-electron chi connectivity index (χ3n) is 3.91. The zero-order valence-electron chi connectivity index (χ0n) is 12.4. The molecule has 0 saturated heterocycles. The molecule has 1 N–H and O–H groups in total. The number of thiophene rings is 1. The van der Waals surface area contributed by atoms with Gasteiger partial charge in [-0.25, -0.2) is 0 Å². The predicted octanol–water partition coefficient (Wildman–Crippen LogP) is 4.30. The van der Waals surface area contributed by atoms with Crippen LogP contribution in [0.3, 0.4) is 0 Å². The van der Waals surface area contributed by atoms with Gasteiger partial charge in [0.1, 0.15) is 0 Å². The lowest BCUT2D eigenvalue weighted by molar-refractivity contribution is -0.0290. The van der Waals surface area contributed by atoms with E-state index in [-0.39, 0.29) is 0 Å². The summed E-state index contributed by atoms with van der Waals surface area (Å²) in [4.78, 5) is 2.92. The van der Waals surface area contributed by atoms with Crippen molar-refractivity contribution in [2.45, 2.75) is 58.6 Å². The van der Waals surface area contributed by atoms with E-state index in [2.05, 4.69) is 38.2 Å². The largest absolute Gasteiger partial charge is 0.378 e. The fourth-order valence-electron chi connectivity index (χ4n) is 2.83. The predicted molar refractivity (Wildman–Crippen MR) is 82.8 cm³/mol. The van der Waals surface area contributed by atoms with Crippen LogP contribution in [0.2, 0.25) is 0 Å². The standard InChI is InChI=1S/C16H27NOS/c1-4-8-17-15(16-7-6-12(3)19-16)11-13-9-14(10-13)18-5-2/h6-7,13-15,17H,4-5,8-11H2,1-3H3. The van der Waals surface area contributed by atoms with E-state index in [4.69, 9.17) is 4.74 Å². The van der Waals surface area contributed by atoms with Crippen molar-refractivity contribution in [3.8, 4) is 0 Å². The quantitative estimate of drug-likeness (QED) is 0.767.